The van der Waals surface area contributed by atoms with Gasteiger partial charge in [-0.1, -0.05) is 23.7 Å². The van der Waals surface area contributed by atoms with Gasteiger partial charge in [-0.25, -0.2) is 9.97 Å². The van der Waals surface area contributed by atoms with Crippen molar-refractivity contribution in [2.24, 2.45) is 0 Å². The minimum Gasteiger partial charge on any atom is -0.316 e. The molecule has 1 aromatic carbocycles. The average Bonchev–Trinajstić information content (AvgIpc) is 2.92. The molecule has 1 saturated heterocycles. The van der Waals surface area contributed by atoms with Crippen molar-refractivity contribution in [1.82, 2.24) is 15.3 Å². The summed E-state index contributed by atoms with van der Waals surface area (Å²) in [5, 5.41) is 4.10. The van der Waals surface area contributed by atoms with Gasteiger partial charge in [0.15, 0.2) is 5.82 Å². The Hall–Kier alpha value is -1.45. The number of hydrogen-bond donors (Lipinski definition) is 1. The third-order valence-corrected chi connectivity index (χ3v) is 4.24. The smallest absolute Gasteiger partial charge is 0.161 e. The summed E-state index contributed by atoms with van der Waals surface area (Å²) in [6, 6.07) is 7.72. The monoisotopic (exact) mass is 287 g/mol. The van der Waals surface area contributed by atoms with E-state index in [-0.39, 0.29) is 0 Å². The molecule has 0 spiro atoms. The van der Waals surface area contributed by atoms with Crippen LogP contribution in [0.3, 0.4) is 0 Å². The minimum absolute atomic E-state index is 0.537. The Kier molecular flexibility index (Phi) is 3.72. The van der Waals surface area contributed by atoms with Crippen LogP contribution in [-0.2, 0) is 0 Å². The van der Waals surface area contributed by atoms with Crippen LogP contribution in [0.2, 0.25) is 5.02 Å². The molecule has 1 aromatic heterocycles. The van der Waals surface area contributed by atoms with E-state index in [0.29, 0.717) is 10.9 Å². The first-order valence-electron chi connectivity index (χ1n) is 6.97. The van der Waals surface area contributed by atoms with Gasteiger partial charge in [0.25, 0.3) is 0 Å². The van der Waals surface area contributed by atoms with Gasteiger partial charge in [0, 0.05) is 29.4 Å². The molecule has 1 N–H and O–H groups in total. The molecule has 0 saturated carbocycles. The summed E-state index contributed by atoms with van der Waals surface area (Å²) in [7, 11) is 0. The van der Waals surface area contributed by atoms with Crippen molar-refractivity contribution in [2.75, 3.05) is 13.1 Å². The van der Waals surface area contributed by atoms with Gasteiger partial charge in [0.2, 0.25) is 0 Å². The van der Waals surface area contributed by atoms with Gasteiger partial charge < -0.3 is 5.32 Å². The van der Waals surface area contributed by atoms with Gasteiger partial charge in [0.05, 0.1) is 5.02 Å². The molecule has 2 aromatic rings. The van der Waals surface area contributed by atoms with Crippen LogP contribution in [0.1, 0.15) is 29.3 Å². The van der Waals surface area contributed by atoms with E-state index >= 15 is 0 Å². The molecule has 1 atom stereocenters. The molecular formula is C16H18ClN3. The summed E-state index contributed by atoms with van der Waals surface area (Å²) < 4.78 is 0. The normalized spacial score (nSPS) is 18.4. The quantitative estimate of drug-likeness (QED) is 0.919. The SMILES string of the molecule is Cc1nc(-c2ccccc2Cl)nc(C)c1C1CCNC1. The number of benzene rings is 1. The molecule has 3 rings (SSSR count). The van der Waals surface area contributed by atoms with Gasteiger partial charge in [-0.2, -0.15) is 0 Å². The lowest BCUT2D eigenvalue weighted by atomic mass is 9.95. The van der Waals surface area contributed by atoms with Crippen molar-refractivity contribution in [1.29, 1.82) is 0 Å². The number of rotatable bonds is 2. The summed E-state index contributed by atoms with van der Waals surface area (Å²) in [5.74, 6) is 1.26. The second kappa shape index (κ2) is 5.51. The zero-order valence-corrected chi connectivity index (χ0v) is 12.5. The van der Waals surface area contributed by atoms with E-state index in [4.69, 9.17) is 11.6 Å². The summed E-state index contributed by atoms with van der Waals surface area (Å²) in [6.07, 6.45) is 1.16. The highest BCUT2D eigenvalue weighted by molar-refractivity contribution is 6.33. The summed E-state index contributed by atoms with van der Waals surface area (Å²) in [4.78, 5) is 9.37. The summed E-state index contributed by atoms with van der Waals surface area (Å²) in [6.45, 7) is 6.25. The molecule has 4 heteroatoms. The largest absolute Gasteiger partial charge is 0.316 e. The van der Waals surface area contributed by atoms with Gasteiger partial charge in [-0.05, 0) is 44.5 Å². The van der Waals surface area contributed by atoms with Gasteiger partial charge in [-0.15, -0.1) is 0 Å². The van der Waals surface area contributed by atoms with E-state index in [9.17, 15) is 0 Å². The fourth-order valence-corrected chi connectivity index (χ4v) is 3.20. The Bertz CT molecular complexity index is 610. The first-order valence-corrected chi connectivity index (χ1v) is 7.35. The van der Waals surface area contributed by atoms with Crippen LogP contribution < -0.4 is 5.32 Å². The van der Waals surface area contributed by atoms with Crippen LogP contribution in [0.5, 0.6) is 0 Å². The molecule has 3 nitrogen and oxygen atoms in total. The van der Waals surface area contributed by atoms with Gasteiger partial charge in [-0.3, -0.25) is 0 Å². The van der Waals surface area contributed by atoms with Crippen molar-refractivity contribution in [2.45, 2.75) is 26.2 Å². The highest BCUT2D eigenvalue weighted by atomic mass is 35.5. The van der Waals surface area contributed by atoms with Crippen LogP contribution in [-0.4, -0.2) is 23.1 Å². The number of nitrogens with zero attached hydrogens (tertiary/aromatic N) is 2. The Labute approximate surface area is 124 Å². The standard InChI is InChI=1S/C16H18ClN3/c1-10-15(12-7-8-18-9-12)11(2)20-16(19-10)13-5-3-4-6-14(13)17/h3-6,12,18H,7-9H2,1-2H3. The summed E-state index contributed by atoms with van der Waals surface area (Å²) >= 11 is 6.24. The van der Waals surface area contributed by atoms with Crippen molar-refractivity contribution < 1.29 is 0 Å². The topological polar surface area (TPSA) is 37.8 Å². The van der Waals surface area contributed by atoms with E-state index in [0.717, 1.165) is 42.3 Å². The predicted molar refractivity (Wildman–Crippen MR) is 82.2 cm³/mol. The molecule has 0 aliphatic carbocycles. The molecular weight excluding hydrogens is 270 g/mol. The second-order valence-corrected chi connectivity index (χ2v) is 5.71. The van der Waals surface area contributed by atoms with E-state index < -0.39 is 0 Å². The first kappa shape index (κ1) is 13.5. The van der Waals surface area contributed by atoms with Gasteiger partial charge in [0.1, 0.15) is 0 Å². The maximum Gasteiger partial charge on any atom is 0.161 e. The van der Waals surface area contributed by atoms with Crippen molar-refractivity contribution in [3.8, 4) is 11.4 Å². The number of aromatic nitrogens is 2. The molecule has 1 aliphatic heterocycles. The highest BCUT2D eigenvalue weighted by Crippen LogP contribution is 2.30. The third kappa shape index (κ3) is 2.43. The van der Waals surface area contributed by atoms with Crippen molar-refractivity contribution in [3.05, 3.63) is 46.2 Å². The van der Waals surface area contributed by atoms with Gasteiger partial charge >= 0.3 is 0 Å². The van der Waals surface area contributed by atoms with E-state index in [1.807, 2.05) is 24.3 Å². The van der Waals surface area contributed by atoms with Crippen LogP contribution in [0.25, 0.3) is 11.4 Å². The lowest BCUT2D eigenvalue weighted by Gasteiger charge is -2.16. The average molecular weight is 288 g/mol. The number of aryl methyl sites for hydroxylation is 2. The molecule has 20 heavy (non-hydrogen) atoms. The Morgan fingerprint density at radius 1 is 1.15 bits per heavy atom. The molecule has 104 valence electrons. The van der Waals surface area contributed by atoms with Crippen LogP contribution in [0, 0.1) is 13.8 Å². The second-order valence-electron chi connectivity index (χ2n) is 5.30. The van der Waals surface area contributed by atoms with E-state index in [1.54, 1.807) is 0 Å². The molecule has 1 fully saturated rings. The third-order valence-electron chi connectivity index (χ3n) is 3.91. The maximum absolute atomic E-state index is 6.24. The molecule has 1 unspecified atom stereocenters. The molecule has 0 radical (unpaired) electrons. The number of hydrogen-bond acceptors (Lipinski definition) is 3. The minimum atomic E-state index is 0.537. The molecule has 0 bridgehead atoms. The predicted octanol–water partition coefficient (Wildman–Crippen LogP) is 3.49. The van der Waals surface area contributed by atoms with Crippen LogP contribution in [0.15, 0.2) is 24.3 Å². The van der Waals surface area contributed by atoms with Crippen molar-refractivity contribution in [3.63, 3.8) is 0 Å². The zero-order chi connectivity index (χ0) is 14.1. The molecule has 2 heterocycles. The van der Waals surface area contributed by atoms with E-state index in [1.165, 1.54) is 5.56 Å². The Morgan fingerprint density at radius 2 is 1.85 bits per heavy atom. The molecule has 1 aliphatic rings. The highest BCUT2D eigenvalue weighted by Gasteiger charge is 2.22. The lowest BCUT2D eigenvalue weighted by molar-refractivity contribution is 0.734. The number of halogens is 1. The van der Waals surface area contributed by atoms with Crippen LogP contribution >= 0.6 is 11.6 Å². The fraction of sp³-hybridized carbons (Fsp3) is 0.375. The Balaban J connectivity index is 2.06. The lowest BCUT2D eigenvalue weighted by Crippen LogP contribution is -2.12. The fourth-order valence-electron chi connectivity index (χ4n) is 2.98. The number of nitrogens with one attached hydrogen (secondary N) is 1. The van der Waals surface area contributed by atoms with E-state index in [2.05, 4.69) is 29.1 Å². The maximum atomic E-state index is 6.24. The molecule has 0 amide bonds. The van der Waals surface area contributed by atoms with Crippen LogP contribution in [0.4, 0.5) is 0 Å². The first-order chi connectivity index (χ1) is 9.66. The summed E-state index contributed by atoms with van der Waals surface area (Å²) in [5.41, 5.74) is 4.34. The zero-order valence-electron chi connectivity index (χ0n) is 11.8. The van der Waals surface area contributed by atoms with Crippen molar-refractivity contribution >= 4 is 11.6 Å². The Morgan fingerprint density at radius 3 is 2.45 bits per heavy atom.